The highest BCUT2D eigenvalue weighted by molar-refractivity contribution is 7.22. The second-order valence-corrected chi connectivity index (χ2v) is 8.44. The number of carbonyl (C=O) groups excluding carboxylic acids is 1. The number of hydrogen-bond acceptors (Lipinski definition) is 6. The summed E-state index contributed by atoms with van der Waals surface area (Å²) in [4.78, 5) is 22.2. The van der Waals surface area contributed by atoms with Crippen molar-refractivity contribution in [2.45, 2.75) is 20.0 Å². The molecule has 0 N–H and O–H groups in total. The lowest BCUT2D eigenvalue weighted by Gasteiger charge is -2.30. The number of rotatable bonds is 7. The van der Waals surface area contributed by atoms with E-state index < -0.39 is 6.10 Å². The molecule has 0 radical (unpaired) electrons. The monoisotopic (exact) mass is 445 g/mol. The summed E-state index contributed by atoms with van der Waals surface area (Å²) >= 11 is 7.59. The maximum atomic E-state index is 13.5. The van der Waals surface area contributed by atoms with Crippen LogP contribution in [0.4, 0.5) is 5.13 Å². The minimum atomic E-state index is -0.716. The van der Waals surface area contributed by atoms with Crippen LogP contribution < -0.4 is 14.4 Å². The van der Waals surface area contributed by atoms with Gasteiger partial charge in [0, 0.05) is 18.1 Å². The number of amides is 1. The topological polar surface area (TPSA) is 54.9 Å². The smallest absolute Gasteiger partial charge is 0.273 e. The zero-order chi connectivity index (χ0) is 21.1. The molecule has 1 aliphatic heterocycles. The first-order valence-electron chi connectivity index (χ1n) is 10.1. The molecule has 0 aliphatic carbocycles. The van der Waals surface area contributed by atoms with E-state index in [1.165, 1.54) is 11.3 Å². The van der Waals surface area contributed by atoms with Crippen LogP contribution in [0.25, 0.3) is 10.2 Å². The van der Waals surface area contributed by atoms with Crippen molar-refractivity contribution < 1.29 is 14.3 Å². The molecule has 8 heteroatoms. The van der Waals surface area contributed by atoms with Crippen LogP contribution in [0.2, 0.25) is 5.02 Å². The van der Waals surface area contributed by atoms with Gasteiger partial charge in [-0.15, -0.1) is 0 Å². The molecule has 0 spiro atoms. The lowest BCUT2D eigenvalue weighted by Crippen LogP contribution is -2.48. The minimum absolute atomic E-state index is 0.151. The summed E-state index contributed by atoms with van der Waals surface area (Å²) in [5.74, 6) is 1.09. The maximum Gasteiger partial charge on any atom is 0.273 e. The average Bonchev–Trinajstić information content (AvgIpc) is 3.18. The van der Waals surface area contributed by atoms with Crippen molar-refractivity contribution in [1.29, 1.82) is 0 Å². The number of ether oxygens (including phenoxy) is 2. The lowest BCUT2D eigenvalue weighted by atomic mass is 10.2. The Morgan fingerprint density at radius 2 is 1.93 bits per heavy atom. The van der Waals surface area contributed by atoms with Crippen LogP contribution in [0, 0.1) is 0 Å². The van der Waals surface area contributed by atoms with Gasteiger partial charge in [0.25, 0.3) is 5.91 Å². The maximum absolute atomic E-state index is 13.5. The quantitative estimate of drug-likeness (QED) is 0.537. The predicted molar refractivity (Wildman–Crippen MR) is 121 cm³/mol. The summed E-state index contributed by atoms with van der Waals surface area (Å²) in [5.41, 5.74) is 0.825. The van der Waals surface area contributed by atoms with Gasteiger partial charge in [-0.3, -0.25) is 9.69 Å². The molecule has 2 heterocycles. The van der Waals surface area contributed by atoms with Crippen molar-refractivity contribution in [3.8, 4) is 11.5 Å². The van der Waals surface area contributed by atoms with Crippen molar-refractivity contribution in [2.75, 3.05) is 37.7 Å². The molecule has 1 aliphatic rings. The summed E-state index contributed by atoms with van der Waals surface area (Å²) in [7, 11) is 0. The summed E-state index contributed by atoms with van der Waals surface area (Å²) < 4.78 is 12.7. The highest BCUT2D eigenvalue weighted by Gasteiger charge is 2.33. The van der Waals surface area contributed by atoms with Gasteiger partial charge in [-0.2, -0.15) is 0 Å². The molecule has 158 valence electrons. The highest BCUT2D eigenvalue weighted by Crippen LogP contribution is 2.34. The second-order valence-electron chi connectivity index (χ2n) is 6.99. The third kappa shape index (κ3) is 4.38. The van der Waals surface area contributed by atoms with Gasteiger partial charge >= 0.3 is 0 Å². The fraction of sp³-hybridized carbons (Fsp3) is 0.364. The van der Waals surface area contributed by atoms with E-state index in [1.54, 1.807) is 4.90 Å². The van der Waals surface area contributed by atoms with E-state index >= 15 is 0 Å². The predicted octanol–water partition coefficient (Wildman–Crippen LogP) is 4.46. The first-order valence-corrected chi connectivity index (χ1v) is 11.3. The number of para-hydroxylation sites is 2. The Labute approximate surface area is 185 Å². The summed E-state index contributed by atoms with van der Waals surface area (Å²) in [5, 5.41) is 1.30. The number of likely N-dealkylation sites (N-methyl/N-ethyl adjacent to an activating group) is 1. The van der Waals surface area contributed by atoms with Crippen LogP contribution in [0.3, 0.4) is 0 Å². The van der Waals surface area contributed by atoms with Gasteiger partial charge in [-0.1, -0.05) is 48.9 Å². The Kier molecular flexibility index (Phi) is 6.41. The summed E-state index contributed by atoms with van der Waals surface area (Å²) in [6, 6.07) is 13.0. The SMILES string of the molecule is CCN(CC)CCN(C(=O)C1COc2ccccc2O1)c1nc2ccc(Cl)cc2s1. The van der Waals surface area contributed by atoms with E-state index in [4.69, 9.17) is 26.1 Å². The van der Waals surface area contributed by atoms with Crippen LogP contribution in [0.15, 0.2) is 42.5 Å². The molecule has 0 bridgehead atoms. The largest absolute Gasteiger partial charge is 0.485 e. The number of thiazole rings is 1. The van der Waals surface area contributed by atoms with E-state index in [2.05, 4.69) is 18.7 Å². The Bertz CT molecular complexity index is 1040. The third-order valence-corrected chi connectivity index (χ3v) is 6.43. The van der Waals surface area contributed by atoms with Crippen molar-refractivity contribution in [3.63, 3.8) is 0 Å². The van der Waals surface area contributed by atoms with Gasteiger partial charge in [-0.25, -0.2) is 4.98 Å². The standard InChI is InChI=1S/C22H24ClN3O3S/c1-3-25(4-2)11-12-26(22-24-16-10-9-15(23)13-20(16)30-22)21(27)19-14-28-17-7-5-6-8-18(17)29-19/h5-10,13,19H,3-4,11-12,14H2,1-2H3. The molecule has 0 saturated heterocycles. The van der Waals surface area contributed by atoms with Crippen molar-refractivity contribution in [1.82, 2.24) is 9.88 Å². The molecule has 6 nitrogen and oxygen atoms in total. The summed E-state index contributed by atoms with van der Waals surface area (Å²) in [6.45, 7) is 7.52. The van der Waals surface area contributed by atoms with E-state index in [-0.39, 0.29) is 12.5 Å². The highest BCUT2D eigenvalue weighted by atomic mass is 35.5. The van der Waals surface area contributed by atoms with E-state index in [1.807, 2.05) is 42.5 Å². The molecule has 30 heavy (non-hydrogen) atoms. The molecular weight excluding hydrogens is 422 g/mol. The Hall–Kier alpha value is -2.35. The molecule has 0 fully saturated rings. The van der Waals surface area contributed by atoms with Gasteiger partial charge in [0.1, 0.15) is 6.61 Å². The fourth-order valence-corrected chi connectivity index (χ4v) is 4.67. The number of halogens is 1. The number of benzene rings is 2. The minimum Gasteiger partial charge on any atom is -0.485 e. The molecule has 1 aromatic heterocycles. The van der Waals surface area contributed by atoms with Crippen LogP contribution in [0.1, 0.15) is 13.8 Å². The summed E-state index contributed by atoms with van der Waals surface area (Å²) in [6.07, 6.45) is -0.716. The van der Waals surface area contributed by atoms with Gasteiger partial charge in [0.2, 0.25) is 6.10 Å². The molecular formula is C22H24ClN3O3S. The van der Waals surface area contributed by atoms with Gasteiger partial charge in [-0.05, 0) is 43.4 Å². The molecule has 0 saturated carbocycles. The van der Waals surface area contributed by atoms with E-state index in [0.29, 0.717) is 28.2 Å². The van der Waals surface area contributed by atoms with E-state index in [9.17, 15) is 4.79 Å². The zero-order valence-corrected chi connectivity index (χ0v) is 18.6. The Morgan fingerprint density at radius 1 is 1.17 bits per heavy atom. The number of nitrogens with zero attached hydrogens (tertiary/aromatic N) is 3. The second kappa shape index (κ2) is 9.20. The van der Waals surface area contributed by atoms with E-state index in [0.717, 1.165) is 29.9 Å². The number of aromatic nitrogens is 1. The molecule has 1 amide bonds. The Morgan fingerprint density at radius 3 is 2.70 bits per heavy atom. The van der Waals surface area contributed by atoms with Gasteiger partial charge in [0.15, 0.2) is 16.6 Å². The average molecular weight is 446 g/mol. The van der Waals surface area contributed by atoms with Gasteiger partial charge < -0.3 is 14.4 Å². The number of hydrogen-bond donors (Lipinski definition) is 0. The first-order chi connectivity index (χ1) is 14.6. The van der Waals surface area contributed by atoms with Crippen molar-refractivity contribution in [3.05, 3.63) is 47.5 Å². The molecule has 1 atom stereocenters. The fourth-order valence-electron chi connectivity index (χ4n) is 3.40. The van der Waals surface area contributed by atoms with Crippen LogP contribution in [-0.4, -0.2) is 54.7 Å². The number of carbonyl (C=O) groups is 1. The van der Waals surface area contributed by atoms with Gasteiger partial charge in [0.05, 0.1) is 10.2 Å². The molecule has 2 aromatic carbocycles. The molecule has 3 aromatic rings. The van der Waals surface area contributed by atoms with Crippen LogP contribution in [-0.2, 0) is 4.79 Å². The van der Waals surface area contributed by atoms with Crippen LogP contribution >= 0.6 is 22.9 Å². The molecule has 1 unspecified atom stereocenters. The number of fused-ring (bicyclic) bond motifs is 2. The first kappa shape index (κ1) is 20.9. The third-order valence-electron chi connectivity index (χ3n) is 5.15. The molecule has 4 rings (SSSR count). The van der Waals surface area contributed by atoms with Crippen molar-refractivity contribution in [2.24, 2.45) is 0 Å². The zero-order valence-electron chi connectivity index (χ0n) is 17.0. The van der Waals surface area contributed by atoms with Crippen molar-refractivity contribution >= 4 is 44.2 Å². The lowest BCUT2D eigenvalue weighted by molar-refractivity contribution is -0.127. The van der Waals surface area contributed by atoms with Crippen LogP contribution in [0.5, 0.6) is 11.5 Å². The normalized spacial score (nSPS) is 15.5. The number of anilines is 1. The Balaban J connectivity index is 1.61.